The molecule has 1 unspecified atom stereocenters. The van der Waals surface area contributed by atoms with Crippen LogP contribution in [-0.2, 0) is 24.7 Å². The largest absolute Gasteiger partial charge is 0.354 e. The molecule has 2 heterocycles. The Labute approximate surface area is 154 Å². The molecular weight excluding hydrogens is 376 g/mol. The predicted molar refractivity (Wildman–Crippen MR) is 97.9 cm³/mol. The zero-order valence-corrected chi connectivity index (χ0v) is 16.4. The molecule has 2 saturated heterocycles. The number of hydrogen-bond acceptors (Lipinski definition) is 5. The van der Waals surface area contributed by atoms with Crippen LogP contribution in [-0.4, -0.2) is 57.7 Å². The summed E-state index contributed by atoms with van der Waals surface area (Å²) in [7, 11) is -6.72. The Balaban J connectivity index is 1.67. The molecule has 3 rings (SSSR count). The highest BCUT2D eigenvalue weighted by Crippen LogP contribution is 2.26. The maximum absolute atomic E-state index is 12.9. The van der Waals surface area contributed by atoms with E-state index in [0.29, 0.717) is 25.8 Å². The molecule has 2 atom stereocenters. The first-order valence-corrected chi connectivity index (χ1v) is 12.0. The van der Waals surface area contributed by atoms with Crippen molar-refractivity contribution >= 4 is 25.8 Å². The minimum Gasteiger partial charge on any atom is -0.354 e. The second-order valence-electron chi connectivity index (χ2n) is 7.10. The van der Waals surface area contributed by atoms with Crippen molar-refractivity contribution in [1.82, 2.24) is 9.62 Å². The maximum Gasteiger partial charge on any atom is 0.243 e. The normalized spacial score (nSPS) is 26.0. The summed E-state index contributed by atoms with van der Waals surface area (Å²) in [6, 6.07) is 5.85. The summed E-state index contributed by atoms with van der Waals surface area (Å²) in [5, 5.41) is 2.76. The number of sulfone groups is 1. The summed E-state index contributed by atoms with van der Waals surface area (Å²) < 4.78 is 50.0. The molecule has 2 aliphatic heterocycles. The first-order chi connectivity index (χ1) is 12.2. The zero-order chi connectivity index (χ0) is 18.9. The van der Waals surface area contributed by atoms with Crippen LogP contribution in [0.3, 0.4) is 0 Å². The van der Waals surface area contributed by atoms with E-state index in [-0.39, 0.29) is 34.8 Å². The summed E-state index contributed by atoms with van der Waals surface area (Å²) in [5.74, 6) is -0.191. The number of aryl methyl sites for hydroxylation is 1. The van der Waals surface area contributed by atoms with E-state index >= 15 is 0 Å². The number of amides is 1. The lowest BCUT2D eigenvalue weighted by atomic mass is 10.1. The number of hydrogen-bond donors (Lipinski definition) is 1. The van der Waals surface area contributed by atoms with E-state index in [0.717, 1.165) is 5.56 Å². The molecule has 1 aromatic carbocycles. The van der Waals surface area contributed by atoms with Gasteiger partial charge < -0.3 is 5.32 Å². The van der Waals surface area contributed by atoms with Gasteiger partial charge in [0.25, 0.3) is 0 Å². The average molecular weight is 401 g/mol. The van der Waals surface area contributed by atoms with E-state index in [2.05, 4.69) is 5.32 Å². The fourth-order valence-corrected chi connectivity index (χ4v) is 7.05. The van der Waals surface area contributed by atoms with Gasteiger partial charge in [-0.1, -0.05) is 17.7 Å². The van der Waals surface area contributed by atoms with Crippen LogP contribution in [0.25, 0.3) is 0 Å². The molecule has 0 spiro atoms. The number of carbonyl (C=O) groups excluding carboxylic acids is 1. The van der Waals surface area contributed by atoms with E-state index in [1.807, 2.05) is 6.92 Å². The van der Waals surface area contributed by atoms with Gasteiger partial charge in [-0.05, 0) is 44.2 Å². The van der Waals surface area contributed by atoms with Crippen molar-refractivity contribution in [3.63, 3.8) is 0 Å². The summed E-state index contributed by atoms with van der Waals surface area (Å²) in [5.41, 5.74) is 0.964. The molecule has 26 heavy (non-hydrogen) atoms. The Kier molecular flexibility index (Phi) is 5.41. The summed E-state index contributed by atoms with van der Waals surface area (Å²) in [6.07, 6.45) is 1.64. The van der Waals surface area contributed by atoms with Gasteiger partial charge in [-0.2, -0.15) is 4.31 Å². The van der Waals surface area contributed by atoms with E-state index in [9.17, 15) is 21.6 Å². The van der Waals surface area contributed by atoms with Crippen LogP contribution in [0.2, 0.25) is 0 Å². The molecule has 1 amide bonds. The van der Waals surface area contributed by atoms with Crippen molar-refractivity contribution in [1.29, 1.82) is 0 Å². The molecular formula is C17H24N2O5S2. The van der Waals surface area contributed by atoms with Crippen LogP contribution in [0, 0.1) is 12.8 Å². The van der Waals surface area contributed by atoms with Crippen molar-refractivity contribution in [2.75, 3.05) is 24.6 Å². The van der Waals surface area contributed by atoms with Gasteiger partial charge in [0.2, 0.25) is 15.9 Å². The first-order valence-electron chi connectivity index (χ1n) is 8.76. The fraction of sp³-hybridized carbons (Fsp3) is 0.588. The molecule has 1 N–H and O–H groups in total. The minimum atomic E-state index is -3.73. The van der Waals surface area contributed by atoms with Crippen molar-refractivity contribution < 1.29 is 21.6 Å². The number of sulfonamides is 1. The topological polar surface area (TPSA) is 101 Å². The van der Waals surface area contributed by atoms with Crippen molar-refractivity contribution in [3.8, 4) is 0 Å². The van der Waals surface area contributed by atoms with E-state index in [1.165, 1.54) is 4.31 Å². The molecule has 2 fully saturated rings. The zero-order valence-electron chi connectivity index (χ0n) is 14.7. The number of nitrogens with zero attached hydrogens (tertiary/aromatic N) is 1. The number of benzene rings is 1. The Morgan fingerprint density at radius 1 is 1.23 bits per heavy atom. The van der Waals surface area contributed by atoms with Gasteiger partial charge in [0, 0.05) is 13.1 Å². The van der Waals surface area contributed by atoms with Gasteiger partial charge >= 0.3 is 0 Å². The Morgan fingerprint density at radius 3 is 2.54 bits per heavy atom. The molecule has 0 bridgehead atoms. The van der Waals surface area contributed by atoms with Crippen molar-refractivity contribution in [3.05, 3.63) is 29.8 Å². The highest BCUT2D eigenvalue weighted by atomic mass is 32.2. The van der Waals surface area contributed by atoms with E-state index in [4.69, 9.17) is 0 Å². The lowest BCUT2D eigenvalue weighted by Crippen LogP contribution is -2.46. The lowest BCUT2D eigenvalue weighted by Gasteiger charge is -2.24. The van der Waals surface area contributed by atoms with Crippen LogP contribution < -0.4 is 5.32 Å². The number of rotatable bonds is 5. The van der Waals surface area contributed by atoms with Crippen LogP contribution in [0.4, 0.5) is 0 Å². The molecule has 0 radical (unpaired) electrons. The van der Waals surface area contributed by atoms with Gasteiger partial charge in [0.1, 0.15) is 6.04 Å². The standard InChI is InChI=1S/C17H24N2O5S2/c1-13-4-6-15(7-5-13)26(23,24)19-9-2-3-16(19)17(20)18-11-14-8-10-25(21,22)12-14/h4-7,14,16H,2-3,8-12H2,1H3,(H,18,20)/t14?,16-/m0/s1. The van der Waals surface area contributed by atoms with Crippen LogP contribution in [0.5, 0.6) is 0 Å². The second kappa shape index (κ2) is 7.28. The lowest BCUT2D eigenvalue weighted by molar-refractivity contribution is -0.124. The molecule has 9 heteroatoms. The highest BCUT2D eigenvalue weighted by Gasteiger charge is 2.39. The highest BCUT2D eigenvalue weighted by molar-refractivity contribution is 7.91. The average Bonchev–Trinajstić information content (AvgIpc) is 3.20. The van der Waals surface area contributed by atoms with Crippen LogP contribution in [0.1, 0.15) is 24.8 Å². The van der Waals surface area contributed by atoms with Crippen molar-refractivity contribution in [2.45, 2.75) is 37.1 Å². The van der Waals surface area contributed by atoms with Gasteiger partial charge in [0.05, 0.1) is 16.4 Å². The Hall–Kier alpha value is -1.45. The van der Waals surface area contributed by atoms with Gasteiger partial charge in [-0.25, -0.2) is 16.8 Å². The molecule has 7 nitrogen and oxygen atoms in total. The molecule has 0 aromatic heterocycles. The molecule has 1 aromatic rings. The predicted octanol–water partition coefficient (Wildman–Crippen LogP) is 0.699. The van der Waals surface area contributed by atoms with E-state index < -0.39 is 25.9 Å². The number of nitrogens with one attached hydrogen (secondary N) is 1. The third kappa shape index (κ3) is 4.10. The Morgan fingerprint density at radius 2 is 1.92 bits per heavy atom. The number of carbonyl (C=O) groups is 1. The molecule has 0 aliphatic carbocycles. The van der Waals surface area contributed by atoms with Crippen LogP contribution >= 0.6 is 0 Å². The summed E-state index contributed by atoms with van der Waals surface area (Å²) >= 11 is 0. The smallest absolute Gasteiger partial charge is 0.243 e. The first kappa shape index (κ1) is 19.3. The second-order valence-corrected chi connectivity index (χ2v) is 11.2. The molecule has 0 saturated carbocycles. The van der Waals surface area contributed by atoms with E-state index in [1.54, 1.807) is 24.3 Å². The quantitative estimate of drug-likeness (QED) is 0.784. The SMILES string of the molecule is Cc1ccc(S(=O)(=O)N2CCC[C@H]2C(=O)NCC2CCS(=O)(=O)C2)cc1. The summed E-state index contributed by atoms with van der Waals surface area (Å²) in [4.78, 5) is 12.7. The third-order valence-electron chi connectivity index (χ3n) is 5.03. The minimum absolute atomic E-state index is 0.0866. The van der Waals surface area contributed by atoms with Crippen LogP contribution in [0.15, 0.2) is 29.2 Å². The maximum atomic E-state index is 12.9. The van der Waals surface area contributed by atoms with Gasteiger partial charge in [0.15, 0.2) is 9.84 Å². The monoisotopic (exact) mass is 400 g/mol. The molecule has 2 aliphatic rings. The Bertz CT molecular complexity index is 878. The fourth-order valence-electron chi connectivity index (χ4n) is 3.53. The van der Waals surface area contributed by atoms with Crippen molar-refractivity contribution in [2.24, 2.45) is 5.92 Å². The molecule has 144 valence electrons. The van der Waals surface area contributed by atoms with Gasteiger partial charge in [-0.15, -0.1) is 0 Å². The van der Waals surface area contributed by atoms with Gasteiger partial charge in [-0.3, -0.25) is 4.79 Å². The third-order valence-corrected chi connectivity index (χ3v) is 8.78. The summed E-state index contributed by atoms with van der Waals surface area (Å²) in [6.45, 7) is 2.46.